The highest BCUT2D eigenvalue weighted by Crippen LogP contribution is 2.30. The Labute approximate surface area is 122 Å². The first-order chi connectivity index (χ1) is 10.1. The van der Waals surface area contributed by atoms with Crippen LogP contribution in [-0.2, 0) is 13.0 Å². The van der Waals surface area contributed by atoms with E-state index in [1.807, 2.05) is 23.1 Å². The zero-order valence-electron chi connectivity index (χ0n) is 11.5. The van der Waals surface area contributed by atoms with Gasteiger partial charge in [0.05, 0.1) is 11.3 Å². The third kappa shape index (κ3) is 2.31. The summed E-state index contributed by atoms with van der Waals surface area (Å²) in [5.74, 6) is -1.35. The normalized spacial score (nSPS) is 13.9. The molecule has 4 N–H and O–H groups in total. The minimum atomic E-state index is -0.755. The van der Waals surface area contributed by atoms with Crippen molar-refractivity contribution in [3.05, 3.63) is 58.9 Å². The Balaban J connectivity index is 2.03. The second-order valence-corrected chi connectivity index (χ2v) is 5.15. The molecule has 1 aliphatic heterocycles. The summed E-state index contributed by atoms with van der Waals surface area (Å²) in [5.41, 5.74) is 14.7. The monoisotopic (exact) mass is 285 g/mol. The van der Waals surface area contributed by atoms with Crippen LogP contribution in [0.25, 0.3) is 0 Å². The quantitative estimate of drug-likeness (QED) is 0.830. The fraction of sp³-hybridized carbons (Fsp3) is 0.188. The zero-order chi connectivity index (χ0) is 15.0. The number of hydrogen-bond acceptors (Lipinski definition) is 3. The van der Waals surface area contributed by atoms with Crippen LogP contribution in [-0.4, -0.2) is 12.5 Å². The summed E-state index contributed by atoms with van der Waals surface area (Å²) in [4.78, 5) is 13.5. The van der Waals surface area contributed by atoms with E-state index in [0.29, 0.717) is 24.5 Å². The van der Waals surface area contributed by atoms with Crippen molar-refractivity contribution in [2.45, 2.75) is 13.0 Å². The number of fused-ring (bicyclic) bond motifs is 1. The number of nitrogen functional groups attached to an aromatic ring is 1. The molecule has 1 amide bonds. The molecule has 0 aromatic heterocycles. The molecule has 4 nitrogen and oxygen atoms in total. The van der Waals surface area contributed by atoms with Gasteiger partial charge in [-0.3, -0.25) is 4.79 Å². The number of carbonyl (C=O) groups is 1. The van der Waals surface area contributed by atoms with Crippen LogP contribution in [0.3, 0.4) is 0 Å². The maximum absolute atomic E-state index is 13.9. The van der Waals surface area contributed by atoms with Crippen molar-refractivity contribution in [1.82, 2.24) is 0 Å². The van der Waals surface area contributed by atoms with E-state index in [4.69, 9.17) is 11.5 Å². The van der Waals surface area contributed by atoms with Gasteiger partial charge in [-0.15, -0.1) is 0 Å². The maximum Gasteiger partial charge on any atom is 0.253 e. The molecule has 0 fully saturated rings. The van der Waals surface area contributed by atoms with Crippen LogP contribution in [0.4, 0.5) is 15.8 Å². The lowest BCUT2D eigenvalue weighted by Crippen LogP contribution is -2.33. The van der Waals surface area contributed by atoms with Gasteiger partial charge in [-0.05, 0) is 35.7 Å². The van der Waals surface area contributed by atoms with Crippen molar-refractivity contribution < 1.29 is 9.18 Å². The lowest BCUT2D eigenvalue weighted by Gasteiger charge is -2.32. The highest BCUT2D eigenvalue weighted by atomic mass is 19.1. The van der Waals surface area contributed by atoms with E-state index in [-0.39, 0.29) is 5.56 Å². The summed E-state index contributed by atoms with van der Waals surface area (Å²) in [6, 6.07) is 10.4. The molecule has 2 aromatic carbocycles. The summed E-state index contributed by atoms with van der Waals surface area (Å²) in [6.07, 6.45) is 0.801. The Morgan fingerprint density at radius 3 is 2.71 bits per heavy atom. The molecule has 0 unspecified atom stereocenters. The number of hydrogen-bond donors (Lipinski definition) is 2. The molecule has 0 saturated carbocycles. The lowest BCUT2D eigenvalue weighted by molar-refractivity contribution is 0.0997. The molecule has 108 valence electrons. The summed E-state index contributed by atoms with van der Waals surface area (Å²) in [5, 5.41) is 0. The molecular weight excluding hydrogens is 269 g/mol. The SMILES string of the molecule is NC(=O)c1c(F)cccc1N1CCc2cccc(N)c2C1. The molecule has 0 radical (unpaired) electrons. The average molecular weight is 285 g/mol. The Bertz CT molecular complexity index is 715. The van der Waals surface area contributed by atoms with Gasteiger partial charge >= 0.3 is 0 Å². The molecular formula is C16H16FN3O. The molecule has 21 heavy (non-hydrogen) atoms. The van der Waals surface area contributed by atoms with Crippen molar-refractivity contribution >= 4 is 17.3 Å². The van der Waals surface area contributed by atoms with Crippen LogP contribution in [0.15, 0.2) is 36.4 Å². The predicted octanol–water partition coefficient (Wildman–Crippen LogP) is 2.07. The molecule has 0 saturated heterocycles. The molecule has 0 bridgehead atoms. The van der Waals surface area contributed by atoms with Crippen molar-refractivity contribution in [2.75, 3.05) is 17.2 Å². The fourth-order valence-electron chi connectivity index (χ4n) is 2.83. The smallest absolute Gasteiger partial charge is 0.253 e. The molecule has 0 aliphatic carbocycles. The summed E-state index contributed by atoms with van der Waals surface area (Å²) in [6.45, 7) is 1.24. The third-order valence-corrected chi connectivity index (χ3v) is 3.89. The van der Waals surface area contributed by atoms with E-state index >= 15 is 0 Å². The number of primary amides is 1. The van der Waals surface area contributed by atoms with Crippen LogP contribution in [0.5, 0.6) is 0 Å². The van der Waals surface area contributed by atoms with Crippen LogP contribution >= 0.6 is 0 Å². The predicted molar refractivity (Wildman–Crippen MR) is 80.5 cm³/mol. The number of anilines is 2. The largest absolute Gasteiger partial charge is 0.398 e. The Hall–Kier alpha value is -2.56. The number of benzene rings is 2. The summed E-state index contributed by atoms with van der Waals surface area (Å²) < 4.78 is 13.9. The van der Waals surface area contributed by atoms with Crippen molar-refractivity contribution in [3.8, 4) is 0 Å². The first-order valence-electron chi connectivity index (χ1n) is 6.77. The van der Waals surface area contributed by atoms with Gasteiger partial charge < -0.3 is 16.4 Å². The van der Waals surface area contributed by atoms with Gasteiger partial charge in [0, 0.05) is 18.8 Å². The Morgan fingerprint density at radius 2 is 1.95 bits per heavy atom. The van der Waals surface area contributed by atoms with Gasteiger partial charge in [0.1, 0.15) is 5.82 Å². The first kappa shape index (κ1) is 13.4. The third-order valence-electron chi connectivity index (χ3n) is 3.89. The molecule has 0 atom stereocenters. The minimum Gasteiger partial charge on any atom is -0.398 e. The van der Waals surface area contributed by atoms with Crippen LogP contribution in [0.2, 0.25) is 0 Å². The number of amides is 1. The standard InChI is InChI=1S/C16H16FN3O/c17-12-4-2-6-14(15(12)16(19)21)20-8-7-10-3-1-5-13(18)11(10)9-20/h1-6H,7-9,18H2,(H2,19,21). The van der Waals surface area contributed by atoms with Crippen molar-refractivity contribution in [2.24, 2.45) is 5.73 Å². The number of carbonyl (C=O) groups excluding carboxylic acids is 1. The first-order valence-corrected chi connectivity index (χ1v) is 6.77. The van der Waals surface area contributed by atoms with Gasteiger partial charge in [0.25, 0.3) is 5.91 Å². The molecule has 1 aliphatic rings. The zero-order valence-corrected chi connectivity index (χ0v) is 11.5. The Morgan fingerprint density at radius 1 is 1.19 bits per heavy atom. The van der Waals surface area contributed by atoms with Gasteiger partial charge in [0.15, 0.2) is 0 Å². The maximum atomic E-state index is 13.9. The van der Waals surface area contributed by atoms with Crippen LogP contribution < -0.4 is 16.4 Å². The highest BCUT2D eigenvalue weighted by molar-refractivity contribution is 5.99. The van der Waals surface area contributed by atoms with E-state index in [1.165, 1.54) is 11.6 Å². The second kappa shape index (κ2) is 5.09. The van der Waals surface area contributed by atoms with Gasteiger partial charge in [0.2, 0.25) is 0 Å². The topological polar surface area (TPSA) is 72.4 Å². The van der Waals surface area contributed by atoms with Crippen LogP contribution in [0, 0.1) is 5.82 Å². The van der Waals surface area contributed by atoms with Gasteiger partial charge in [-0.1, -0.05) is 18.2 Å². The highest BCUT2D eigenvalue weighted by Gasteiger charge is 2.23. The molecule has 2 aromatic rings. The van der Waals surface area contributed by atoms with Crippen molar-refractivity contribution in [3.63, 3.8) is 0 Å². The molecule has 0 spiro atoms. The number of rotatable bonds is 2. The number of halogens is 1. The summed E-state index contributed by atoms with van der Waals surface area (Å²) >= 11 is 0. The molecule has 5 heteroatoms. The van der Waals surface area contributed by atoms with Crippen molar-refractivity contribution in [1.29, 1.82) is 0 Å². The number of nitrogens with zero attached hydrogens (tertiary/aromatic N) is 1. The number of nitrogens with two attached hydrogens (primary N) is 2. The van der Waals surface area contributed by atoms with E-state index in [0.717, 1.165) is 12.0 Å². The molecule has 3 rings (SSSR count). The molecule has 1 heterocycles. The van der Waals surface area contributed by atoms with Gasteiger partial charge in [-0.2, -0.15) is 0 Å². The van der Waals surface area contributed by atoms with Gasteiger partial charge in [-0.25, -0.2) is 4.39 Å². The Kier molecular flexibility index (Phi) is 3.25. The second-order valence-electron chi connectivity index (χ2n) is 5.15. The summed E-state index contributed by atoms with van der Waals surface area (Å²) in [7, 11) is 0. The fourth-order valence-corrected chi connectivity index (χ4v) is 2.83. The van der Waals surface area contributed by atoms with E-state index in [2.05, 4.69) is 0 Å². The minimum absolute atomic E-state index is 0.0598. The lowest BCUT2D eigenvalue weighted by atomic mass is 9.97. The van der Waals surface area contributed by atoms with E-state index in [9.17, 15) is 9.18 Å². The van der Waals surface area contributed by atoms with Crippen LogP contribution in [0.1, 0.15) is 21.5 Å². The average Bonchev–Trinajstić information content (AvgIpc) is 2.46. The van der Waals surface area contributed by atoms with E-state index < -0.39 is 11.7 Å². The van der Waals surface area contributed by atoms with E-state index in [1.54, 1.807) is 12.1 Å².